The summed E-state index contributed by atoms with van der Waals surface area (Å²) < 4.78 is 57.3. The Morgan fingerprint density at radius 3 is 2.20 bits per heavy atom. The van der Waals surface area contributed by atoms with Crippen molar-refractivity contribution >= 4 is 81.2 Å². The van der Waals surface area contributed by atoms with Crippen LogP contribution >= 0.6 is 0 Å². The number of allylic oxidation sites excluding steroid dienone is 1. The molecule has 10 rings (SSSR count). The zero-order chi connectivity index (χ0) is 73.5. The molecule has 102 heavy (non-hydrogen) atoms. The predicted octanol–water partition coefficient (Wildman–Crippen LogP) is 3.71. The standard InChI is InChI=1S/C74H90F3N11O14/c1-41-62(90)34-48(32-49-39-81-57-22-17-51(76)37-56(49)57)68(95)84-60(33-46-14-13-45-15-16-50(75)36-55(45)46)72(99)87-40-52(77)38-61(87)70(97)86-66(42(2)89)71(98)85-59(31-44-9-18-53(101-4)19-10-44)73(100)88-28-7-25-74(88,3)63(91)35-47(67(79)94)30-43-11-20-54(21-12-43)102-29-27-80-64(92)23-24-65(93)83-58(69(96)82-41)8-5-6-26-78/h9-12,14-22,36-37,39,41-42,47-48,52,58-61,66,81,89H,5-8,13,23-35,38,40,78H2,1-4H3,(H2,79,94)(H,80,92)(H,82,96)(H,83,93)(H,84,95)(H,85,98)(H,86,97)/t41-,42-,47-,48-,52+,58+,59+,60+,61+,66+,74+/m1/s1. The number of aromatic amines is 1. The minimum Gasteiger partial charge on any atom is -0.497 e. The van der Waals surface area contributed by atoms with Gasteiger partial charge in [0, 0.05) is 80.4 Å². The predicted molar refractivity (Wildman–Crippen MR) is 369 cm³/mol. The maximum atomic E-state index is 16.2. The van der Waals surface area contributed by atoms with Crippen molar-refractivity contribution in [2.24, 2.45) is 23.3 Å². The summed E-state index contributed by atoms with van der Waals surface area (Å²) in [5.74, 6) is -11.5. The van der Waals surface area contributed by atoms with Crippen LogP contribution in [0.15, 0.2) is 97.2 Å². The lowest BCUT2D eigenvalue weighted by Gasteiger charge is -2.37. The van der Waals surface area contributed by atoms with Crippen LogP contribution in [-0.2, 0) is 78.4 Å². The van der Waals surface area contributed by atoms with Gasteiger partial charge in [0.25, 0.3) is 0 Å². The van der Waals surface area contributed by atoms with Crippen LogP contribution in [0.4, 0.5) is 13.2 Å². The number of H-pyrrole nitrogens is 1. The average molecular weight is 1410 g/mol. The third-order valence-corrected chi connectivity index (χ3v) is 19.6. The van der Waals surface area contributed by atoms with Gasteiger partial charge in [0.05, 0.1) is 37.9 Å². The molecule has 4 aliphatic heterocycles. The molecule has 28 heteroatoms. The topological polar surface area (TPSA) is 373 Å². The number of aliphatic hydroxyl groups excluding tert-OH is 1. The molecule has 5 heterocycles. The van der Waals surface area contributed by atoms with E-state index in [0.717, 1.165) is 4.90 Å². The van der Waals surface area contributed by atoms with Crippen LogP contribution in [0.3, 0.4) is 0 Å². The van der Waals surface area contributed by atoms with Crippen molar-refractivity contribution in [2.45, 2.75) is 171 Å². The van der Waals surface area contributed by atoms with E-state index in [4.69, 9.17) is 20.9 Å². The van der Waals surface area contributed by atoms with Gasteiger partial charge in [-0.15, -0.1) is 0 Å². The van der Waals surface area contributed by atoms with Gasteiger partial charge in [-0.1, -0.05) is 36.4 Å². The van der Waals surface area contributed by atoms with E-state index >= 15 is 23.2 Å². The number of ketones is 2. The van der Waals surface area contributed by atoms with E-state index in [-0.39, 0.29) is 84.0 Å². The second-order valence-corrected chi connectivity index (χ2v) is 27.0. The second-order valence-electron chi connectivity index (χ2n) is 27.0. The summed E-state index contributed by atoms with van der Waals surface area (Å²) in [6.07, 6.45) is -1.62. The Hall–Kier alpha value is -9.96. The number of alkyl halides is 1. The summed E-state index contributed by atoms with van der Waals surface area (Å²) in [4.78, 5) is 164. The van der Waals surface area contributed by atoms with Gasteiger partial charge < -0.3 is 72.7 Å². The van der Waals surface area contributed by atoms with E-state index in [9.17, 15) is 47.9 Å². The SMILES string of the molecule is COc1ccc(C[C@@H]2NC(=O)[C@H]([C@@H](C)O)NC(=O)[C@@H]3C[C@H](F)CN3C(=O)[C@H](CC3=CCc4ccc(F)cc43)NC(=O)[C@H](Cc3c[nH]c4ccc(F)cc34)CC(=O)[C@@H](C)NC(=O)[C@H](CCCCN)NC(=O)CCC(=O)NCCOc3ccc(cc3)C[C@@H](C(N)=O)CC(=O)[C@]3(C)CCCN3C2=O)cc1. The van der Waals surface area contributed by atoms with Crippen LogP contribution in [0.2, 0.25) is 0 Å². The number of aromatic nitrogens is 1. The number of ether oxygens (including phenoxy) is 2. The third kappa shape index (κ3) is 19.4. The number of nitrogens with zero attached hydrogens (tertiary/aromatic N) is 2. The Morgan fingerprint density at radius 1 is 0.775 bits per heavy atom. The third-order valence-electron chi connectivity index (χ3n) is 19.6. The van der Waals surface area contributed by atoms with Crippen molar-refractivity contribution in [1.29, 1.82) is 0 Å². The number of benzene rings is 4. The fraction of sp³-hybridized carbons (Fsp3) is 0.473. The lowest BCUT2D eigenvalue weighted by atomic mass is 9.84. The highest BCUT2D eigenvalue weighted by Crippen LogP contribution is 2.36. The molecule has 5 aliphatic rings. The molecule has 9 amide bonds. The molecule has 2 bridgehead atoms. The van der Waals surface area contributed by atoms with Gasteiger partial charge in [0.15, 0.2) is 11.6 Å². The number of aliphatic hydroxyl groups is 1. The Kier molecular flexibility index (Phi) is 25.9. The second kappa shape index (κ2) is 34.6. The van der Waals surface area contributed by atoms with Gasteiger partial charge in [-0.25, -0.2) is 13.2 Å². The van der Waals surface area contributed by atoms with Gasteiger partial charge in [-0.2, -0.15) is 0 Å². The molecule has 546 valence electrons. The van der Waals surface area contributed by atoms with Crippen molar-refractivity contribution < 1.29 is 80.5 Å². The number of unbranched alkanes of at least 4 members (excludes halogenated alkanes) is 1. The average Bonchev–Trinajstić information content (AvgIpc) is 1.57. The molecule has 1 aliphatic carbocycles. The van der Waals surface area contributed by atoms with Crippen molar-refractivity contribution in [3.05, 3.63) is 137 Å². The van der Waals surface area contributed by atoms with E-state index in [1.54, 1.807) is 67.6 Å². The number of fused-ring (bicyclic) bond motifs is 32. The maximum Gasteiger partial charge on any atom is 0.246 e. The van der Waals surface area contributed by atoms with Crippen LogP contribution in [-0.4, -0.2) is 179 Å². The number of carbonyl (C=O) groups excluding carboxylic acids is 11. The number of nitrogens with one attached hydrogen (secondary N) is 7. The first-order valence-corrected chi connectivity index (χ1v) is 34.6. The van der Waals surface area contributed by atoms with E-state index in [2.05, 4.69) is 36.9 Å². The van der Waals surface area contributed by atoms with Gasteiger partial charge >= 0.3 is 0 Å². The Bertz CT molecular complexity index is 3960. The summed E-state index contributed by atoms with van der Waals surface area (Å²) >= 11 is 0. The summed E-state index contributed by atoms with van der Waals surface area (Å²) in [5.41, 5.74) is 13.7. The highest BCUT2D eigenvalue weighted by molar-refractivity contribution is 6.01. The molecule has 4 aromatic carbocycles. The van der Waals surface area contributed by atoms with Crippen LogP contribution in [0.1, 0.15) is 119 Å². The zero-order valence-corrected chi connectivity index (χ0v) is 57.6. The molecular formula is C74H90F3N11O14. The molecule has 0 saturated carbocycles. The zero-order valence-electron chi connectivity index (χ0n) is 57.6. The normalized spacial score (nSPS) is 25.6. The number of rotatable bonds is 13. The van der Waals surface area contributed by atoms with Crippen LogP contribution < -0.4 is 52.8 Å². The first kappa shape index (κ1) is 76.2. The lowest BCUT2D eigenvalue weighted by molar-refractivity contribution is -0.147. The van der Waals surface area contributed by atoms with E-state index in [1.165, 1.54) is 62.4 Å². The number of carbonyl (C=O) groups is 11. The largest absolute Gasteiger partial charge is 0.497 e. The number of Topliss-reactive ketones (excluding diaryl/α,β-unsaturated/α-hetero) is 2. The fourth-order valence-electron chi connectivity index (χ4n) is 13.7. The van der Waals surface area contributed by atoms with Crippen LogP contribution in [0, 0.1) is 23.5 Å². The maximum absolute atomic E-state index is 16.2. The van der Waals surface area contributed by atoms with E-state index < -0.39 is 162 Å². The van der Waals surface area contributed by atoms with Crippen molar-refractivity contribution in [1.82, 2.24) is 46.7 Å². The molecule has 0 unspecified atom stereocenters. The molecule has 12 N–H and O–H groups in total. The smallest absolute Gasteiger partial charge is 0.246 e. The Morgan fingerprint density at radius 2 is 1.48 bits per heavy atom. The highest BCUT2D eigenvalue weighted by atomic mass is 19.1. The molecule has 2 saturated heterocycles. The van der Waals surface area contributed by atoms with E-state index in [0.29, 0.717) is 81.5 Å². The number of halogens is 3. The first-order valence-electron chi connectivity index (χ1n) is 34.6. The minimum atomic E-state index is -1.88. The molecule has 1 aromatic heterocycles. The monoisotopic (exact) mass is 1410 g/mol. The number of amides is 9. The molecule has 5 aromatic rings. The lowest BCUT2D eigenvalue weighted by Crippen LogP contribution is -2.62. The number of methoxy groups -OCH3 is 1. The fourth-order valence-corrected chi connectivity index (χ4v) is 13.7. The van der Waals surface area contributed by atoms with Crippen molar-refractivity contribution in [3.8, 4) is 11.5 Å². The molecular weight excluding hydrogens is 1320 g/mol. The number of hydrogen-bond acceptors (Lipinski definition) is 15. The summed E-state index contributed by atoms with van der Waals surface area (Å²) in [7, 11) is 1.46. The van der Waals surface area contributed by atoms with Crippen molar-refractivity contribution in [3.63, 3.8) is 0 Å². The Labute approximate surface area is 588 Å². The van der Waals surface area contributed by atoms with Crippen LogP contribution in [0.5, 0.6) is 11.5 Å². The number of primary amides is 1. The molecule has 2 fully saturated rings. The summed E-state index contributed by atoms with van der Waals surface area (Å²) in [5, 5.41) is 27.7. The van der Waals surface area contributed by atoms with E-state index in [1.807, 2.05) is 0 Å². The van der Waals surface area contributed by atoms with Gasteiger partial charge in [-0.3, -0.25) is 52.7 Å². The minimum absolute atomic E-state index is 0.0129. The summed E-state index contributed by atoms with van der Waals surface area (Å²) in [6, 6.07) is 11.9. The molecule has 25 nitrogen and oxygen atoms in total. The molecule has 0 radical (unpaired) electrons. The van der Waals surface area contributed by atoms with Gasteiger partial charge in [-0.05, 0) is 167 Å². The first-order chi connectivity index (χ1) is 48.7. The van der Waals surface area contributed by atoms with Crippen LogP contribution in [0.25, 0.3) is 16.5 Å². The van der Waals surface area contributed by atoms with Crippen molar-refractivity contribution in [2.75, 3.05) is 39.9 Å². The summed E-state index contributed by atoms with van der Waals surface area (Å²) in [6.45, 7) is 3.78. The number of hydrogen-bond donors (Lipinski definition) is 10. The Balaban J connectivity index is 1.04. The van der Waals surface area contributed by atoms with Gasteiger partial charge in [0.1, 0.15) is 66.1 Å². The number of nitrogens with two attached hydrogens (primary N) is 2. The quantitative estimate of drug-likeness (QED) is 0.0751. The molecule has 11 atom stereocenters. The molecule has 0 spiro atoms. The highest BCUT2D eigenvalue weighted by Gasteiger charge is 2.49. The van der Waals surface area contributed by atoms with Gasteiger partial charge in [0.2, 0.25) is 53.2 Å².